The molecular weight excluding hydrogens is 476 g/mol. The van der Waals surface area contributed by atoms with Crippen LogP contribution < -0.4 is 10.9 Å². The summed E-state index contributed by atoms with van der Waals surface area (Å²) in [6, 6.07) is 24.7. The molecule has 0 aliphatic rings. The molecular formula is C27H22N4O2S2. The fraction of sp³-hybridized carbons (Fsp3) is 0.111. The highest BCUT2D eigenvalue weighted by atomic mass is 32.2. The average Bonchev–Trinajstić information content (AvgIpc) is 3.33. The van der Waals surface area contributed by atoms with Gasteiger partial charge in [-0.25, -0.2) is 9.97 Å². The minimum Gasteiger partial charge on any atom is -0.301 e. The van der Waals surface area contributed by atoms with Crippen LogP contribution in [-0.4, -0.2) is 25.7 Å². The molecule has 0 saturated heterocycles. The first-order chi connectivity index (χ1) is 17.0. The Morgan fingerprint density at radius 3 is 2.46 bits per heavy atom. The second kappa shape index (κ2) is 9.85. The van der Waals surface area contributed by atoms with E-state index in [0.29, 0.717) is 26.9 Å². The van der Waals surface area contributed by atoms with E-state index in [0.717, 1.165) is 11.3 Å². The summed E-state index contributed by atoms with van der Waals surface area (Å²) in [6.07, 6.45) is 0. The molecule has 3 aromatic carbocycles. The highest BCUT2D eigenvalue weighted by molar-refractivity contribution is 8.00. The quantitative estimate of drug-likeness (QED) is 0.232. The zero-order valence-corrected chi connectivity index (χ0v) is 20.8. The third-order valence-corrected chi connectivity index (χ3v) is 7.30. The molecule has 6 nitrogen and oxygen atoms in total. The van der Waals surface area contributed by atoms with Gasteiger partial charge in [-0.05, 0) is 38.1 Å². The van der Waals surface area contributed by atoms with E-state index < -0.39 is 5.25 Å². The molecule has 5 aromatic rings. The van der Waals surface area contributed by atoms with Gasteiger partial charge in [-0.1, -0.05) is 71.9 Å². The third kappa shape index (κ3) is 4.89. The van der Waals surface area contributed by atoms with Crippen LogP contribution in [0.5, 0.6) is 0 Å². The molecule has 0 aliphatic heterocycles. The van der Waals surface area contributed by atoms with Crippen molar-refractivity contribution in [3.63, 3.8) is 0 Å². The van der Waals surface area contributed by atoms with Gasteiger partial charge in [0, 0.05) is 10.9 Å². The van der Waals surface area contributed by atoms with Gasteiger partial charge in [-0.3, -0.25) is 14.2 Å². The van der Waals surface area contributed by atoms with Crippen molar-refractivity contribution in [3.05, 3.63) is 100 Å². The molecule has 1 unspecified atom stereocenters. The van der Waals surface area contributed by atoms with Crippen LogP contribution in [0, 0.1) is 6.92 Å². The van der Waals surface area contributed by atoms with Crippen LogP contribution >= 0.6 is 23.1 Å². The Hall–Kier alpha value is -3.75. The van der Waals surface area contributed by atoms with Crippen LogP contribution in [0.2, 0.25) is 0 Å². The third-order valence-electron chi connectivity index (χ3n) is 5.49. The lowest BCUT2D eigenvalue weighted by molar-refractivity contribution is -0.115. The Kier molecular flexibility index (Phi) is 6.48. The Balaban J connectivity index is 1.40. The number of rotatable bonds is 6. The zero-order chi connectivity index (χ0) is 24.4. The number of anilines is 1. The van der Waals surface area contributed by atoms with Gasteiger partial charge >= 0.3 is 0 Å². The number of thiazole rings is 1. The number of fused-ring (bicyclic) bond motifs is 1. The molecule has 0 radical (unpaired) electrons. The van der Waals surface area contributed by atoms with Crippen molar-refractivity contribution in [2.24, 2.45) is 0 Å². The van der Waals surface area contributed by atoms with E-state index in [-0.39, 0.29) is 11.5 Å². The number of hydrogen-bond acceptors (Lipinski definition) is 6. The van der Waals surface area contributed by atoms with Gasteiger partial charge in [0.1, 0.15) is 0 Å². The first-order valence-electron chi connectivity index (χ1n) is 11.1. The predicted octanol–water partition coefficient (Wildman–Crippen LogP) is 5.94. The number of carbonyl (C=O) groups is 1. The SMILES string of the molecule is Cc1ccc(-c2csc(NC(=O)C(C)Sc3nc4ccccc4c(=O)n3-c3ccccc3)n2)cc1. The Morgan fingerprint density at radius 2 is 1.69 bits per heavy atom. The van der Waals surface area contributed by atoms with Gasteiger partial charge in [-0.15, -0.1) is 11.3 Å². The molecule has 0 spiro atoms. The van der Waals surface area contributed by atoms with Gasteiger partial charge in [0.05, 0.1) is 27.5 Å². The number of thioether (sulfide) groups is 1. The van der Waals surface area contributed by atoms with Gasteiger partial charge in [-0.2, -0.15) is 0 Å². The molecule has 174 valence electrons. The normalized spacial score (nSPS) is 11.9. The summed E-state index contributed by atoms with van der Waals surface area (Å²) < 4.78 is 1.57. The highest BCUT2D eigenvalue weighted by Crippen LogP contribution is 2.28. The summed E-state index contributed by atoms with van der Waals surface area (Å²) in [5.74, 6) is -0.207. The summed E-state index contributed by atoms with van der Waals surface area (Å²) in [7, 11) is 0. The summed E-state index contributed by atoms with van der Waals surface area (Å²) >= 11 is 2.62. The second-order valence-corrected chi connectivity index (χ2v) is 10.2. The predicted molar refractivity (Wildman–Crippen MR) is 144 cm³/mol. The number of para-hydroxylation sites is 2. The van der Waals surface area contributed by atoms with E-state index in [1.807, 2.05) is 85.1 Å². The summed E-state index contributed by atoms with van der Waals surface area (Å²) in [5.41, 5.74) is 4.14. The lowest BCUT2D eigenvalue weighted by Gasteiger charge is -2.16. The van der Waals surface area contributed by atoms with Gasteiger partial charge in [0.25, 0.3) is 5.56 Å². The van der Waals surface area contributed by atoms with Gasteiger partial charge in [0.15, 0.2) is 10.3 Å². The molecule has 1 atom stereocenters. The standard InChI is InChI=1S/C27H22N4O2S2/c1-17-12-14-19(15-13-17)23-16-34-26(28-23)30-24(32)18(2)35-27-29-22-11-7-6-10-21(22)25(33)31(27)20-8-4-3-5-9-20/h3-16,18H,1-2H3,(H,28,30,32). The van der Waals surface area contributed by atoms with Crippen molar-refractivity contribution in [1.82, 2.24) is 14.5 Å². The van der Waals surface area contributed by atoms with Crippen LogP contribution in [0.1, 0.15) is 12.5 Å². The van der Waals surface area contributed by atoms with Crippen LogP contribution in [0.3, 0.4) is 0 Å². The molecule has 2 heterocycles. The van der Waals surface area contributed by atoms with E-state index >= 15 is 0 Å². The molecule has 8 heteroatoms. The van der Waals surface area contributed by atoms with Gasteiger partial charge in [0.2, 0.25) is 5.91 Å². The Bertz CT molecular complexity index is 1560. The second-order valence-electron chi connectivity index (χ2n) is 8.04. The fourth-order valence-corrected chi connectivity index (χ4v) is 5.25. The molecule has 35 heavy (non-hydrogen) atoms. The molecule has 0 aliphatic carbocycles. The monoisotopic (exact) mass is 498 g/mol. The van der Waals surface area contributed by atoms with Crippen LogP contribution in [0.4, 0.5) is 5.13 Å². The van der Waals surface area contributed by atoms with Crippen molar-refractivity contribution >= 4 is 45.0 Å². The van der Waals surface area contributed by atoms with Crippen LogP contribution in [-0.2, 0) is 4.79 Å². The molecule has 0 bridgehead atoms. The van der Waals surface area contributed by atoms with E-state index in [4.69, 9.17) is 4.98 Å². The first-order valence-corrected chi connectivity index (χ1v) is 12.8. The van der Waals surface area contributed by atoms with Crippen molar-refractivity contribution in [3.8, 4) is 16.9 Å². The molecule has 1 N–H and O–H groups in total. The number of hydrogen-bond donors (Lipinski definition) is 1. The average molecular weight is 499 g/mol. The molecule has 2 aromatic heterocycles. The number of nitrogens with zero attached hydrogens (tertiary/aromatic N) is 3. The number of benzene rings is 3. The molecule has 1 amide bonds. The molecule has 5 rings (SSSR count). The minimum absolute atomic E-state index is 0.167. The smallest absolute Gasteiger partial charge is 0.266 e. The number of aryl methyl sites for hydroxylation is 1. The Labute approximate surface area is 210 Å². The molecule has 0 fully saturated rings. The number of nitrogens with one attached hydrogen (secondary N) is 1. The van der Waals surface area contributed by atoms with Crippen molar-refractivity contribution in [2.75, 3.05) is 5.32 Å². The summed E-state index contributed by atoms with van der Waals surface area (Å²) in [4.78, 5) is 35.7. The fourth-order valence-electron chi connectivity index (χ4n) is 3.60. The van der Waals surface area contributed by atoms with E-state index in [1.54, 1.807) is 17.6 Å². The first kappa shape index (κ1) is 23.0. The maximum Gasteiger partial charge on any atom is 0.266 e. The lowest BCUT2D eigenvalue weighted by Crippen LogP contribution is -2.26. The number of aromatic nitrogens is 3. The minimum atomic E-state index is -0.509. The van der Waals surface area contributed by atoms with Crippen LogP contribution in [0.25, 0.3) is 27.8 Å². The van der Waals surface area contributed by atoms with Crippen LogP contribution in [0.15, 0.2) is 94.2 Å². The van der Waals surface area contributed by atoms with Crippen molar-refractivity contribution in [1.29, 1.82) is 0 Å². The number of amides is 1. The van der Waals surface area contributed by atoms with E-state index in [9.17, 15) is 9.59 Å². The Morgan fingerprint density at radius 1 is 0.971 bits per heavy atom. The van der Waals surface area contributed by atoms with E-state index in [1.165, 1.54) is 28.7 Å². The van der Waals surface area contributed by atoms with Crippen molar-refractivity contribution < 1.29 is 4.79 Å². The molecule has 0 saturated carbocycles. The van der Waals surface area contributed by atoms with Crippen molar-refractivity contribution in [2.45, 2.75) is 24.3 Å². The lowest BCUT2D eigenvalue weighted by atomic mass is 10.1. The topological polar surface area (TPSA) is 76.9 Å². The van der Waals surface area contributed by atoms with Gasteiger partial charge < -0.3 is 5.32 Å². The largest absolute Gasteiger partial charge is 0.301 e. The maximum absolute atomic E-state index is 13.4. The zero-order valence-electron chi connectivity index (χ0n) is 19.1. The van der Waals surface area contributed by atoms with E-state index in [2.05, 4.69) is 10.3 Å². The summed E-state index contributed by atoms with van der Waals surface area (Å²) in [5, 5.41) is 5.85. The maximum atomic E-state index is 13.4. The highest BCUT2D eigenvalue weighted by Gasteiger charge is 2.21. The number of carbonyl (C=O) groups excluding carboxylic acids is 1. The summed E-state index contributed by atoms with van der Waals surface area (Å²) in [6.45, 7) is 3.84.